The summed E-state index contributed by atoms with van der Waals surface area (Å²) in [7, 11) is 0. The van der Waals surface area contributed by atoms with Crippen LogP contribution in [0, 0.1) is 13.8 Å². The molecule has 0 spiro atoms. The third-order valence-electron chi connectivity index (χ3n) is 5.23. The van der Waals surface area contributed by atoms with Gasteiger partial charge in [0.2, 0.25) is 0 Å². The van der Waals surface area contributed by atoms with E-state index >= 15 is 0 Å². The molecule has 3 rings (SSSR count). The van der Waals surface area contributed by atoms with Crippen molar-refractivity contribution in [1.82, 2.24) is 0 Å². The first kappa shape index (κ1) is 14.3. The molecule has 1 aliphatic carbocycles. The fourth-order valence-corrected chi connectivity index (χ4v) is 3.53. The standard InChI is InChI=1S/C20H25N/c1-15-8-9-19(14-16(15)2)20(21)12-10-18(11-13-20)17-6-4-3-5-7-17/h3-9,14,18H,10-13,21H2,1-2H3. The lowest BCUT2D eigenvalue weighted by Crippen LogP contribution is -2.40. The SMILES string of the molecule is Cc1ccc(C2(N)CCC(c3ccccc3)CC2)cc1C. The van der Waals surface area contributed by atoms with Crippen LogP contribution < -0.4 is 5.73 Å². The van der Waals surface area contributed by atoms with Crippen LogP contribution >= 0.6 is 0 Å². The van der Waals surface area contributed by atoms with Crippen LogP contribution in [-0.2, 0) is 5.54 Å². The van der Waals surface area contributed by atoms with Gasteiger partial charge in [0.1, 0.15) is 0 Å². The summed E-state index contributed by atoms with van der Waals surface area (Å²) in [6, 6.07) is 17.6. The van der Waals surface area contributed by atoms with E-state index < -0.39 is 0 Å². The summed E-state index contributed by atoms with van der Waals surface area (Å²) in [5.41, 5.74) is 12.1. The van der Waals surface area contributed by atoms with E-state index in [-0.39, 0.29) is 5.54 Å². The van der Waals surface area contributed by atoms with E-state index in [1.165, 1.54) is 35.1 Å². The van der Waals surface area contributed by atoms with E-state index in [2.05, 4.69) is 62.4 Å². The molecule has 2 aromatic carbocycles. The number of aryl methyl sites for hydroxylation is 2. The van der Waals surface area contributed by atoms with Crippen molar-refractivity contribution in [3.63, 3.8) is 0 Å². The molecule has 1 nitrogen and oxygen atoms in total. The van der Waals surface area contributed by atoms with E-state index in [1.54, 1.807) is 0 Å². The van der Waals surface area contributed by atoms with Crippen molar-refractivity contribution >= 4 is 0 Å². The quantitative estimate of drug-likeness (QED) is 0.838. The molecular formula is C20H25N. The summed E-state index contributed by atoms with van der Waals surface area (Å²) in [4.78, 5) is 0. The van der Waals surface area contributed by atoms with Crippen LogP contribution in [0.3, 0.4) is 0 Å². The summed E-state index contributed by atoms with van der Waals surface area (Å²) in [5.74, 6) is 0.675. The number of benzene rings is 2. The van der Waals surface area contributed by atoms with Crippen LogP contribution in [0.25, 0.3) is 0 Å². The van der Waals surface area contributed by atoms with Crippen LogP contribution in [0.5, 0.6) is 0 Å². The van der Waals surface area contributed by atoms with Crippen molar-refractivity contribution in [3.05, 3.63) is 70.8 Å². The van der Waals surface area contributed by atoms with Gasteiger partial charge in [0.25, 0.3) is 0 Å². The second-order valence-electron chi connectivity index (χ2n) is 6.64. The van der Waals surface area contributed by atoms with E-state index in [1.807, 2.05) is 0 Å². The van der Waals surface area contributed by atoms with Gasteiger partial charge in [-0.2, -0.15) is 0 Å². The first-order chi connectivity index (χ1) is 10.1. The molecule has 0 unspecified atom stereocenters. The van der Waals surface area contributed by atoms with E-state index in [0.29, 0.717) is 5.92 Å². The molecule has 0 amide bonds. The predicted octanol–water partition coefficient (Wildman–Crippen LogP) is 4.82. The topological polar surface area (TPSA) is 26.0 Å². The Labute approximate surface area is 128 Å². The van der Waals surface area contributed by atoms with Crippen molar-refractivity contribution < 1.29 is 0 Å². The van der Waals surface area contributed by atoms with E-state index in [9.17, 15) is 0 Å². The van der Waals surface area contributed by atoms with Gasteiger partial charge in [-0.15, -0.1) is 0 Å². The first-order valence-electron chi connectivity index (χ1n) is 8.00. The van der Waals surface area contributed by atoms with Crippen LogP contribution in [0.4, 0.5) is 0 Å². The number of hydrogen-bond acceptors (Lipinski definition) is 1. The summed E-state index contributed by atoms with van der Waals surface area (Å²) < 4.78 is 0. The Morgan fingerprint density at radius 2 is 1.57 bits per heavy atom. The number of rotatable bonds is 2. The summed E-state index contributed by atoms with van der Waals surface area (Å²) in [5, 5.41) is 0. The van der Waals surface area contributed by atoms with Crippen molar-refractivity contribution in [1.29, 1.82) is 0 Å². The van der Waals surface area contributed by atoms with Crippen LogP contribution in [0.1, 0.15) is 53.9 Å². The highest BCUT2D eigenvalue weighted by atomic mass is 14.7. The van der Waals surface area contributed by atoms with Gasteiger partial charge in [-0.05, 0) is 67.7 Å². The fourth-order valence-electron chi connectivity index (χ4n) is 3.53. The minimum Gasteiger partial charge on any atom is -0.321 e. The highest BCUT2D eigenvalue weighted by molar-refractivity contribution is 5.35. The summed E-state index contributed by atoms with van der Waals surface area (Å²) in [6.07, 6.45) is 4.53. The monoisotopic (exact) mass is 279 g/mol. The lowest BCUT2D eigenvalue weighted by atomic mass is 9.71. The van der Waals surface area contributed by atoms with Crippen LogP contribution in [-0.4, -0.2) is 0 Å². The zero-order valence-electron chi connectivity index (χ0n) is 13.1. The maximum Gasteiger partial charge on any atom is 0.0410 e. The minimum absolute atomic E-state index is 0.135. The zero-order chi connectivity index (χ0) is 14.9. The summed E-state index contributed by atoms with van der Waals surface area (Å²) in [6.45, 7) is 4.34. The van der Waals surface area contributed by atoms with Gasteiger partial charge in [0.05, 0.1) is 0 Å². The molecule has 1 heteroatoms. The second-order valence-corrected chi connectivity index (χ2v) is 6.64. The third kappa shape index (κ3) is 2.89. The van der Waals surface area contributed by atoms with Crippen molar-refractivity contribution in [2.45, 2.75) is 51.0 Å². The van der Waals surface area contributed by atoms with Crippen molar-refractivity contribution in [2.24, 2.45) is 5.73 Å². The predicted molar refractivity (Wildman–Crippen MR) is 89.4 cm³/mol. The molecule has 0 aromatic heterocycles. The molecule has 2 N–H and O–H groups in total. The van der Waals surface area contributed by atoms with Crippen LogP contribution in [0.15, 0.2) is 48.5 Å². The van der Waals surface area contributed by atoms with Crippen molar-refractivity contribution in [3.8, 4) is 0 Å². The Morgan fingerprint density at radius 1 is 0.905 bits per heavy atom. The normalized spacial score (nSPS) is 25.8. The second kappa shape index (κ2) is 5.65. The Hall–Kier alpha value is -1.60. The van der Waals surface area contributed by atoms with Gasteiger partial charge in [-0.25, -0.2) is 0 Å². The van der Waals surface area contributed by atoms with Gasteiger partial charge in [0.15, 0.2) is 0 Å². The minimum atomic E-state index is -0.135. The maximum absolute atomic E-state index is 6.74. The largest absolute Gasteiger partial charge is 0.321 e. The molecule has 1 saturated carbocycles. The fraction of sp³-hybridized carbons (Fsp3) is 0.400. The highest BCUT2D eigenvalue weighted by Crippen LogP contribution is 2.41. The molecule has 1 aliphatic rings. The molecule has 0 radical (unpaired) electrons. The number of hydrogen-bond donors (Lipinski definition) is 1. The lowest BCUT2D eigenvalue weighted by molar-refractivity contribution is 0.277. The van der Waals surface area contributed by atoms with Crippen LogP contribution in [0.2, 0.25) is 0 Å². The highest BCUT2D eigenvalue weighted by Gasteiger charge is 2.33. The van der Waals surface area contributed by atoms with Gasteiger partial charge in [0, 0.05) is 5.54 Å². The first-order valence-corrected chi connectivity index (χ1v) is 8.00. The van der Waals surface area contributed by atoms with Gasteiger partial charge < -0.3 is 5.73 Å². The molecule has 110 valence electrons. The molecule has 21 heavy (non-hydrogen) atoms. The molecule has 2 aromatic rings. The molecule has 0 bridgehead atoms. The summed E-state index contributed by atoms with van der Waals surface area (Å²) >= 11 is 0. The Morgan fingerprint density at radius 3 is 2.19 bits per heavy atom. The Bertz CT molecular complexity index is 607. The molecule has 0 atom stereocenters. The number of nitrogens with two attached hydrogens (primary N) is 1. The molecule has 0 aliphatic heterocycles. The lowest BCUT2D eigenvalue weighted by Gasteiger charge is -2.38. The molecule has 1 fully saturated rings. The zero-order valence-corrected chi connectivity index (χ0v) is 13.1. The molecule has 0 saturated heterocycles. The maximum atomic E-state index is 6.74. The molecule has 0 heterocycles. The Balaban J connectivity index is 1.76. The van der Waals surface area contributed by atoms with E-state index in [0.717, 1.165) is 12.8 Å². The van der Waals surface area contributed by atoms with Gasteiger partial charge >= 0.3 is 0 Å². The Kier molecular flexibility index (Phi) is 3.86. The average molecular weight is 279 g/mol. The smallest absolute Gasteiger partial charge is 0.0410 e. The third-order valence-corrected chi connectivity index (χ3v) is 5.23. The van der Waals surface area contributed by atoms with E-state index in [4.69, 9.17) is 5.73 Å². The van der Waals surface area contributed by atoms with Gasteiger partial charge in [-0.3, -0.25) is 0 Å². The molecular weight excluding hydrogens is 254 g/mol. The van der Waals surface area contributed by atoms with Gasteiger partial charge in [-0.1, -0.05) is 48.5 Å². The average Bonchev–Trinajstić information content (AvgIpc) is 2.51. The van der Waals surface area contributed by atoms with Crippen molar-refractivity contribution in [2.75, 3.05) is 0 Å².